The van der Waals surface area contributed by atoms with E-state index in [2.05, 4.69) is 57.9 Å². The maximum Gasteiger partial charge on any atom is 0.217 e. The summed E-state index contributed by atoms with van der Waals surface area (Å²) in [5, 5.41) is 3.12. The minimum atomic E-state index is 0.0858. The lowest BCUT2D eigenvalue weighted by Gasteiger charge is -2.43. The summed E-state index contributed by atoms with van der Waals surface area (Å²) in [4.78, 5) is 21.4. The lowest BCUT2D eigenvalue weighted by Crippen LogP contribution is -2.50. The van der Waals surface area contributed by atoms with Crippen LogP contribution in [0, 0.1) is 0 Å². The summed E-state index contributed by atoms with van der Waals surface area (Å²) in [6.07, 6.45) is 4.51. The smallest absolute Gasteiger partial charge is 0.217 e. The third kappa shape index (κ3) is 3.67. The highest BCUT2D eigenvalue weighted by Gasteiger charge is 2.45. The number of piperidine rings is 1. The van der Waals surface area contributed by atoms with E-state index in [-0.39, 0.29) is 11.4 Å². The quantitative estimate of drug-likeness (QED) is 0.862. The number of rotatable bonds is 5. The van der Waals surface area contributed by atoms with E-state index in [0.717, 1.165) is 63.9 Å². The molecule has 1 aromatic carbocycles. The van der Waals surface area contributed by atoms with Crippen LogP contribution in [0.3, 0.4) is 0 Å². The number of aromatic nitrogens is 2. The third-order valence-corrected chi connectivity index (χ3v) is 6.67. The fraction of sp³-hybridized carbons (Fsp3) is 0.636. The van der Waals surface area contributed by atoms with Crippen LogP contribution >= 0.6 is 0 Å². The molecule has 1 aromatic heterocycles. The molecule has 0 saturated carbocycles. The fourth-order valence-corrected chi connectivity index (χ4v) is 5.22. The van der Waals surface area contributed by atoms with Crippen molar-refractivity contribution in [2.45, 2.75) is 64.2 Å². The Morgan fingerprint density at radius 1 is 1.29 bits per heavy atom. The first kappa shape index (κ1) is 19.4. The number of likely N-dealkylation sites (N-methyl/N-ethyl adjacent to an activating group) is 1. The number of benzene rings is 1. The van der Waals surface area contributed by atoms with Gasteiger partial charge >= 0.3 is 0 Å². The van der Waals surface area contributed by atoms with Crippen LogP contribution in [0.1, 0.15) is 45.4 Å². The minimum Gasteiger partial charge on any atom is -0.352 e. The molecule has 2 saturated heterocycles. The van der Waals surface area contributed by atoms with E-state index in [9.17, 15) is 4.79 Å². The first-order chi connectivity index (χ1) is 13.5. The molecule has 0 aliphatic carbocycles. The van der Waals surface area contributed by atoms with Crippen molar-refractivity contribution in [3.8, 4) is 0 Å². The molecule has 1 unspecified atom stereocenters. The Morgan fingerprint density at radius 2 is 2.04 bits per heavy atom. The molecule has 2 aromatic rings. The summed E-state index contributed by atoms with van der Waals surface area (Å²) in [7, 11) is 2.22. The topological polar surface area (TPSA) is 53.4 Å². The van der Waals surface area contributed by atoms with Crippen molar-refractivity contribution < 1.29 is 4.79 Å². The highest BCUT2D eigenvalue weighted by molar-refractivity contribution is 5.75. The van der Waals surface area contributed by atoms with Gasteiger partial charge in [0.05, 0.1) is 17.6 Å². The first-order valence-corrected chi connectivity index (χ1v) is 10.7. The summed E-state index contributed by atoms with van der Waals surface area (Å²) in [6, 6.07) is 8.77. The van der Waals surface area contributed by atoms with Crippen molar-refractivity contribution >= 4 is 16.9 Å². The monoisotopic (exact) mass is 383 g/mol. The van der Waals surface area contributed by atoms with Gasteiger partial charge in [0.25, 0.3) is 0 Å². The Hall–Kier alpha value is -1.92. The van der Waals surface area contributed by atoms with Gasteiger partial charge in [0, 0.05) is 44.7 Å². The summed E-state index contributed by atoms with van der Waals surface area (Å²) < 4.78 is 2.40. The fourth-order valence-electron chi connectivity index (χ4n) is 5.22. The zero-order chi connectivity index (χ0) is 19.7. The van der Waals surface area contributed by atoms with Gasteiger partial charge in [-0.3, -0.25) is 14.6 Å². The number of amides is 1. The second kappa shape index (κ2) is 7.84. The molecule has 1 N–H and O–H groups in total. The molecule has 152 valence electrons. The number of likely N-dealkylation sites (tertiary alicyclic amines) is 2. The van der Waals surface area contributed by atoms with Crippen LogP contribution in [-0.2, 0) is 17.9 Å². The maximum atomic E-state index is 11.4. The number of nitrogens with zero attached hydrogens (tertiary/aromatic N) is 4. The van der Waals surface area contributed by atoms with Crippen LogP contribution < -0.4 is 5.32 Å². The normalized spacial score (nSPS) is 22.9. The Labute approximate surface area is 167 Å². The molecule has 1 amide bonds. The van der Waals surface area contributed by atoms with Gasteiger partial charge in [0.2, 0.25) is 5.91 Å². The van der Waals surface area contributed by atoms with Crippen molar-refractivity contribution in [1.29, 1.82) is 0 Å². The molecular weight excluding hydrogens is 350 g/mol. The number of para-hydroxylation sites is 2. The SMILES string of the molecule is CCCn1c(CN2CCC3(CC2)CC(NC(C)=O)CN3C)nc2ccccc21. The number of fused-ring (bicyclic) bond motifs is 1. The minimum absolute atomic E-state index is 0.0858. The molecule has 28 heavy (non-hydrogen) atoms. The Morgan fingerprint density at radius 3 is 2.75 bits per heavy atom. The van der Waals surface area contributed by atoms with Crippen molar-refractivity contribution in [1.82, 2.24) is 24.7 Å². The molecule has 1 spiro atoms. The lowest BCUT2D eigenvalue weighted by molar-refractivity contribution is -0.119. The van der Waals surface area contributed by atoms with Gasteiger partial charge < -0.3 is 9.88 Å². The van der Waals surface area contributed by atoms with Gasteiger partial charge in [-0.05, 0) is 44.9 Å². The summed E-state index contributed by atoms with van der Waals surface area (Å²) in [5.74, 6) is 1.28. The van der Waals surface area contributed by atoms with Crippen LogP contribution in [0.15, 0.2) is 24.3 Å². The average molecular weight is 384 g/mol. The van der Waals surface area contributed by atoms with Gasteiger partial charge in [-0.15, -0.1) is 0 Å². The third-order valence-electron chi connectivity index (χ3n) is 6.67. The van der Waals surface area contributed by atoms with Gasteiger partial charge in [-0.25, -0.2) is 4.98 Å². The predicted molar refractivity (Wildman–Crippen MR) is 112 cm³/mol. The number of nitrogens with one attached hydrogen (secondary N) is 1. The van der Waals surface area contributed by atoms with E-state index < -0.39 is 0 Å². The molecule has 6 heteroatoms. The van der Waals surface area contributed by atoms with E-state index in [1.807, 2.05) is 0 Å². The molecule has 6 nitrogen and oxygen atoms in total. The standard InChI is InChI=1S/C22H33N5O/c1-4-11-27-20-8-6-5-7-19(20)24-21(27)16-26-12-9-22(10-13-26)14-18(15-25(22)3)23-17(2)28/h5-8,18H,4,9-16H2,1-3H3,(H,23,28). The number of aryl methyl sites for hydroxylation is 1. The molecule has 2 aliphatic heterocycles. The lowest BCUT2D eigenvalue weighted by atomic mass is 9.84. The highest BCUT2D eigenvalue weighted by atomic mass is 16.1. The van der Waals surface area contributed by atoms with Crippen molar-refractivity contribution in [2.75, 3.05) is 26.7 Å². The van der Waals surface area contributed by atoms with E-state index in [1.165, 1.54) is 11.3 Å². The van der Waals surface area contributed by atoms with E-state index in [1.54, 1.807) is 6.92 Å². The molecule has 0 bridgehead atoms. The van der Waals surface area contributed by atoms with Crippen LogP contribution in [0.2, 0.25) is 0 Å². The van der Waals surface area contributed by atoms with Gasteiger partial charge in [-0.1, -0.05) is 19.1 Å². The Kier molecular flexibility index (Phi) is 5.43. The Balaban J connectivity index is 1.43. The number of hydrogen-bond acceptors (Lipinski definition) is 4. The summed E-state index contributed by atoms with van der Waals surface area (Å²) in [5.41, 5.74) is 2.60. The second-order valence-corrected chi connectivity index (χ2v) is 8.65. The highest BCUT2D eigenvalue weighted by Crippen LogP contribution is 2.37. The molecular formula is C22H33N5O. The van der Waals surface area contributed by atoms with Crippen LogP contribution in [0.5, 0.6) is 0 Å². The van der Waals surface area contributed by atoms with E-state index >= 15 is 0 Å². The Bertz CT molecular complexity index is 837. The average Bonchev–Trinajstić information content (AvgIpc) is 3.15. The zero-order valence-corrected chi connectivity index (χ0v) is 17.4. The van der Waals surface area contributed by atoms with Gasteiger partial charge in [-0.2, -0.15) is 0 Å². The molecule has 0 radical (unpaired) electrons. The van der Waals surface area contributed by atoms with Crippen LogP contribution in [0.4, 0.5) is 0 Å². The molecule has 2 fully saturated rings. The van der Waals surface area contributed by atoms with E-state index in [0.29, 0.717) is 6.04 Å². The van der Waals surface area contributed by atoms with Crippen LogP contribution in [0.25, 0.3) is 11.0 Å². The molecule has 3 heterocycles. The van der Waals surface area contributed by atoms with Gasteiger partial charge in [0.1, 0.15) is 5.82 Å². The molecule has 4 rings (SSSR count). The predicted octanol–water partition coefficient (Wildman–Crippen LogP) is 2.62. The largest absolute Gasteiger partial charge is 0.352 e. The first-order valence-electron chi connectivity index (χ1n) is 10.7. The number of carbonyl (C=O) groups is 1. The number of imidazole rings is 1. The van der Waals surface area contributed by atoms with Crippen molar-refractivity contribution in [2.24, 2.45) is 0 Å². The maximum absolute atomic E-state index is 11.4. The van der Waals surface area contributed by atoms with Crippen LogP contribution in [-0.4, -0.2) is 63.5 Å². The second-order valence-electron chi connectivity index (χ2n) is 8.65. The van der Waals surface area contributed by atoms with Gasteiger partial charge in [0.15, 0.2) is 0 Å². The molecule has 1 atom stereocenters. The molecule has 2 aliphatic rings. The summed E-state index contributed by atoms with van der Waals surface area (Å²) >= 11 is 0. The van der Waals surface area contributed by atoms with Crippen molar-refractivity contribution in [3.63, 3.8) is 0 Å². The number of carbonyl (C=O) groups excluding carboxylic acids is 1. The van der Waals surface area contributed by atoms with Crippen molar-refractivity contribution in [3.05, 3.63) is 30.1 Å². The zero-order valence-electron chi connectivity index (χ0n) is 17.4. The summed E-state index contributed by atoms with van der Waals surface area (Å²) in [6.45, 7) is 8.93. The number of hydrogen-bond donors (Lipinski definition) is 1. The van der Waals surface area contributed by atoms with E-state index in [4.69, 9.17) is 4.98 Å².